The zero-order valence-electron chi connectivity index (χ0n) is 9.17. The van der Waals surface area contributed by atoms with Gasteiger partial charge in [0.15, 0.2) is 5.82 Å². The Morgan fingerprint density at radius 1 is 1.47 bits per heavy atom. The average molecular weight is 233 g/mol. The number of para-hydroxylation sites is 1. The first-order chi connectivity index (χ1) is 8.16. The van der Waals surface area contributed by atoms with Crippen molar-refractivity contribution in [3.05, 3.63) is 41.5 Å². The van der Waals surface area contributed by atoms with Crippen molar-refractivity contribution in [2.45, 2.75) is 13.5 Å². The van der Waals surface area contributed by atoms with Crippen LogP contribution >= 0.6 is 0 Å². The number of benzene rings is 1. The molecule has 17 heavy (non-hydrogen) atoms. The smallest absolute Gasteiger partial charge is 0.337 e. The molecule has 0 fully saturated rings. The third kappa shape index (κ3) is 2.60. The van der Waals surface area contributed by atoms with Crippen LogP contribution in [0.5, 0.6) is 0 Å². The van der Waals surface area contributed by atoms with Gasteiger partial charge in [0.25, 0.3) is 0 Å². The maximum Gasteiger partial charge on any atom is 0.337 e. The number of anilines is 1. The number of hydrogen-bond donors (Lipinski definition) is 2. The summed E-state index contributed by atoms with van der Waals surface area (Å²) in [6, 6.07) is 6.66. The molecule has 0 aliphatic heterocycles. The van der Waals surface area contributed by atoms with Crippen molar-refractivity contribution in [1.29, 1.82) is 0 Å². The van der Waals surface area contributed by atoms with Crippen LogP contribution in [0.1, 0.15) is 22.1 Å². The zero-order valence-corrected chi connectivity index (χ0v) is 9.17. The number of rotatable bonds is 4. The molecular formula is C11H11N3O3. The van der Waals surface area contributed by atoms with Gasteiger partial charge in [-0.2, -0.15) is 4.98 Å². The molecule has 0 aliphatic carbocycles. The summed E-state index contributed by atoms with van der Waals surface area (Å²) >= 11 is 0. The van der Waals surface area contributed by atoms with Crippen LogP contribution in [0.4, 0.5) is 5.69 Å². The van der Waals surface area contributed by atoms with E-state index in [2.05, 4.69) is 15.5 Å². The number of nitrogens with one attached hydrogen (secondary N) is 1. The van der Waals surface area contributed by atoms with Crippen molar-refractivity contribution in [2.24, 2.45) is 0 Å². The number of carboxylic acids is 1. The van der Waals surface area contributed by atoms with Gasteiger partial charge in [0.05, 0.1) is 12.1 Å². The normalized spacial score (nSPS) is 10.2. The summed E-state index contributed by atoms with van der Waals surface area (Å²) < 4.78 is 4.81. The van der Waals surface area contributed by atoms with E-state index in [0.717, 1.165) is 0 Å². The Bertz CT molecular complexity index is 536. The van der Waals surface area contributed by atoms with E-state index in [0.29, 0.717) is 23.9 Å². The average Bonchev–Trinajstić information content (AvgIpc) is 2.73. The first kappa shape index (κ1) is 11.1. The van der Waals surface area contributed by atoms with Gasteiger partial charge in [-0.3, -0.25) is 0 Å². The monoisotopic (exact) mass is 233 g/mol. The Kier molecular flexibility index (Phi) is 3.04. The molecule has 88 valence electrons. The van der Waals surface area contributed by atoms with Gasteiger partial charge in [0, 0.05) is 12.6 Å². The van der Waals surface area contributed by atoms with E-state index >= 15 is 0 Å². The van der Waals surface area contributed by atoms with Crippen molar-refractivity contribution in [3.8, 4) is 0 Å². The molecule has 0 amide bonds. The van der Waals surface area contributed by atoms with E-state index in [1.54, 1.807) is 25.1 Å². The largest absolute Gasteiger partial charge is 0.478 e. The second kappa shape index (κ2) is 4.65. The fourth-order valence-corrected chi connectivity index (χ4v) is 1.41. The van der Waals surface area contributed by atoms with Crippen LogP contribution in [0.2, 0.25) is 0 Å². The molecule has 0 radical (unpaired) electrons. The molecule has 6 heteroatoms. The van der Waals surface area contributed by atoms with E-state index in [1.807, 2.05) is 0 Å². The molecule has 0 unspecified atom stereocenters. The third-order valence-electron chi connectivity index (χ3n) is 2.16. The van der Waals surface area contributed by atoms with E-state index in [9.17, 15) is 4.79 Å². The summed E-state index contributed by atoms with van der Waals surface area (Å²) in [7, 11) is 0. The topological polar surface area (TPSA) is 88.2 Å². The molecule has 2 aromatic rings. The van der Waals surface area contributed by atoms with Gasteiger partial charge in [0.2, 0.25) is 5.89 Å². The lowest BCUT2D eigenvalue weighted by molar-refractivity contribution is 0.0698. The Labute approximate surface area is 97.3 Å². The minimum Gasteiger partial charge on any atom is -0.478 e. The van der Waals surface area contributed by atoms with Crippen molar-refractivity contribution in [1.82, 2.24) is 10.1 Å². The molecule has 2 N–H and O–H groups in total. The number of carboxylic acid groups (broad SMARTS) is 1. The summed E-state index contributed by atoms with van der Waals surface area (Å²) in [4.78, 5) is 15.0. The highest BCUT2D eigenvalue weighted by molar-refractivity contribution is 5.94. The standard InChI is InChI=1S/C11H11N3O3/c1-7-13-10(14-17-7)6-12-9-5-3-2-4-8(9)11(15)16/h2-5,12H,6H2,1H3,(H,15,16). The lowest BCUT2D eigenvalue weighted by Crippen LogP contribution is -2.07. The van der Waals surface area contributed by atoms with Gasteiger partial charge >= 0.3 is 5.97 Å². The highest BCUT2D eigenvalue weighted by Gasteiger charge is 2.09. The van der Waals surface area contributed by atoms with E-state index < -0.39 is 5.97 Å². The molecule has 6 nitrogen and oxygen atoms in total. The van der Waals surface area contributed by atoms with Crippen molar-refractivity contribution in [2.75, 3.05) is 5.32 Å². The number of hydrogen-bond acceptors (Lipinski definition) is 5. The Balaban J connectivity index is 2.11. The van der Waals surface area contributed by atoms with Crippen LogP contribution in [0.25, 0.3) is 0 Å². The number of aromatic nitrogens is 2. The van der Waals surface area contributed by atoms with Gasteiger partial charge in [-0.1, -0.05) is 17.3 Å². The molecule has 0 saturated carbocycles. The highest BCUT2D eigenvalue weighted by atomic mass is 16.5. The number of aromatic carboxylic acids is 1. The van der Waals surface area contributed by atoms with Crippen molar-refractivity contribution < 1.29 is 14.4 Å². The van der Waals surface area contributed by atoms with Crippen LogP contribution in [0.15, 0.2) is 28.8 Å². The van der Waals surface area contributed by atoms with Crippen LogP contribution in [0.3, 0.4) is 0 Å². The summed E-state index contributed by atoms with van der Waals surface area (Å²) in [5.41, 5.74) is 0.746. The van der Waals surface area contributed by atoms with Crippen LogP contribution in [-0.4, -0.2) is 21.2 Å². The Morgan fingerprint density at radius 3 is 2.88 bits per heavy atom. The number of carbonyl (C=O) groups is 1. The van der Waals surface area contributed by atoms with E-state index in [4.69, 9.17) is 9.63 Å². The minimum absolute atomic E-state index is 0.215. The van der Waals surface area contributed by atoms with Crippen LogP contribution in [0, 0.1) is 6.92 Å². The SMILES string of the molecule is Cc1nc(CNc2ccccc2C(=O)O)no1. The summed E-state index contributed by atoms with van der Waals surface area (Å²) in [5, 5.41) is 15.6. The molecule has 1 heterocycles. The molecule has 0 atom stereocenters. The summed E-state index contributed by atoms with van der Waals surface area (Å²) in [6.45, 7) is 2.02. The summed E-state index contributed by atoms with van der Waals surface area (Å²) in [6.07, 6.45) is 0. The molecule has 2 rings (SSSR count). The lowest BCUT2D eigenvalue weighted by Gasteiger charge is -2.06. The molecule has 1 aromatic carbocycles. The van der Waals surface area contributed by atoms with Crippen molar-refractivity contribution >= 4 is 11.7 Å². The minimum atomic E-state index is -0.975. The molecule has 0 bridgehead atoms. The summed E-state index contributed by atoms with van der Waals surface area (Å²) in [5.74, 6) is -0.00611. The molecule has 0 saturated heterocycles. The third-order valence-corrected chi connectivity index (χ3v) is 2.16. The molecule has 1 aromatic heterocycles. The van der Waals surface area contributed by atoms with Crippen molar-refractivity contribution in [3.63, 3.8) is 0 Å². The quantitative estimate of drug-likeness (QED) is 0.835. The second-order valence-corrected chi connectivity index (χ2v) is 3.43. The Hall–Kier alpha value is -2.37. The van der Waals surface area contributed by atoms with Gasteiger partial charge in [-0.05, 0) is 12.1 Å². The number of nitrogens with zero attached hydrogens (tertiary/aromatic N) is 2. The van der Waals surface area contributed by atoms with Gasteiger partial charge in [-0.25, -0.2) is 4.79 Å². The zero-order chi connectivity index (χ0) is 12.3. The first-order valence-corrected chi connectivity index (χ1v) is 5.02. The predicted octanol–water partition coefficient (Wildman–Crippen LogP) is 1.69. The fraction of sp³-hybridized carbons (Fsp3) is 0.182. The molecule has 0 aliphatic rings. The predicted molar refractivity (Wildman–Crippen MR) is 59.8 cm³/mol. The first-order valence-electron chi connectivity index (χ1n) is 5.02. The van der Waals surface area contributed by atoms with Gasteiger partial charge in [0.1, 0.15) is 0 Å². The van der Waals surface area contributed by atoms with E-state index in [1.165, 1.54) is 6.07 Å². The second-order valence-electron chi connectivity index (χ2n) is 3.43. The van der Waals surface area contributed by atoms with Gasteiger partial charge < -0.3 is 14.9 Å². The Morgan fingerprint density at radius 2 is 2.24 bits per heavy atom. The molecular weight excluding hydrogens is 222 g/mol. The van der Waals surface area contributed by atoms with Gasteiger partial charge in [-0.15, -0.1) is 0 Å². The highest BCUT2D eigenvalue weighted by Crippen LogP contribution is 2.15. The fourth-order valence-electron chi connectivity index (χ4n) is 1.41. The lowest BCUT2D eigenvalue weighted by atomic mass is 10.2. The maximum atomic E-state index is 10.9. The van der Waals surface area contributed by atoms with E-state index in [-0.39, 0.29) is 5.56 Å². The maximum absolute atomic E-state index is 10.9. The van der Waals surface area contributed by atoms with Crippen LogP contribution < -0.4 is 5.32 Å². The van der Waals surface area contributed by atoms with Crippen LogP contribution in [-0.2, 0) is 6.54 Å². The molecule has 0 spiro atoms. The number of aryl methyl sites for hydroxylation is 1.